The van der Waals surface area contributed by atoms with E-state index in [0.717, 1.165) is 68.9 Å². The van der Waals surface area contributed by atoms with Gasteiger partial charge < -0.3 is 9.47 Å². The molecule has 0 unspecified atom stereocenters. The van der Waals surface area contributed by atoms with Crippen LogP contribution in [0.25, 0.3) is 33.4 Å². The van der Waals surface area contributed by atoms with Gasteiger partial charge in [0.2, 0.25) is 0 Å². The Morgan fingerprint density at radius 2 is 1.24 bits per heavy atom. The Bertz CT molecular complexity index is 2890. The normalized spacial score (nSPS) is 11.5. The Balaban J connectivity index is 1.07. The van der Waals surface area contributed by atoms with Crippen molar-refractivity contribution in [2.24, 2.45) is 0 Å². The van der Waals surface area contributed by atoms with E-state index < -0.39 is 5.54 Å². The molecule has 9 nitrogen and oxygen atoms in total. The largest absolute Gasteiger partial charge is 0.497 e. The first kappa shape index (κ1) is 39.8. The van der Waals surface area contributed by atoms with Crippen molar-refractivity contribution in [3.8, 4) is 34.0 Å². The molecule has 0 aliphatic carbocycles. The van der Waals surface area contributed by atoms with Gasteiger partial charge in [-0.05, 0) is 80.1 Å². The maximum Gasteiger partial charge on any atom is 0.261 e. The molecule has 0 amide bonds. The van der Waals surface area contributed by atoms with E-state index in [-0.39, 0.29) is 5.56 Å². The lowest BCUT2D eigenvalue weighted by Gasteiger charge is -2.36. The highest BCUT2D eigenvalue weighted by Crippen LogP contribution is 2.43. The number of unbranched alkanes of at least 4 members (excludes halogenated alkanes) is 1. The minimum absolute atomic E-state index is 0.0654. The van der Waals surface area contributed by atoms with E-state index in [4.69, 9.17) is 24.8 Å². The van der Waals surface area contributed by atoms with Gasteiger partial charge in [0.05, 0.1) is 24.6 Å². The maximum absolute atomic E-state index is 14.4. The predicted octanol–water partition coefficient (Wildman–Crippen LogP) is 10.5. The van der Waals surface area contributed by atoms with Crippen molar-refractivity contribution in [2.45, 2.75) is 44.9 Å². The number of tetrazole rings is 1. The number of ether oxygens (including phenoxy) is 2. The fourth-order valence-electron chi connectivity index (χ4n) is 8.34. The molecular weight excluding hydrogens is 769 g/mol. The Kier molecular flexibility index (Phi) is 11.5. The molecule has 0 spiro atoms. The van der Waals surface area contributed by atoms with E-state index in [2.05, 4.69) is 121 Å². The molecule has 9 heteroatoms. The third-order valence-electron chi connectivity index (χ3n) is 11.4. The molecule has 0 N–H and O–H groups in total. The smallest absolute Gasteiger partial charge is 0.261 e. The standard InChI is InChI=1S/C53H46N6O3/c1-3-4-27-50-54-49-33-30-39(37-62-45-24-16-23-44(35-45)61-2)34-48(49)52(60)58(50)36-38-28-31-40(32-29-38)46-25-14-15-26-47(46)51-55-56-57-59(51)53(41-17-8-5-9-18-41,42-19-10-6-11-20-42)43-21-12-7-13-22-43/h5-26,28-35H,3-4,27,36-37H2,1-2H3. The summed E-state index contributed by atoms with van der Waals surface area (Å²) in [5.74, 6) is 2.83. The van der Waals surface area contributed by atoms with Crippen LogP contribution in [0, 0.1) is 0 Å². The summed E-state index contributed by atoms with van der Waals surface area (Å²) in [6.45, 7) is 2.85. The second-order valence-electron chi connectivity index (χ2n) is 15.3. The van der Waals surface area contributed by atoms with Gasteiger partial charge in [-0.1, -0.05) is 165 Å². The molecule has 306 valence electrons. The van der Waals surface area contributed by atoms with Crippen LogP contribution in [0.5, 0.6) is 11.5 Å². The van der Waals surface area contributed by atoms with Crippen molar-refractivity contribution < 1.29 is 9.47 Å². The van der Waals surface area contributed by atoms with Crippen molar-refractivity contribution >= 4 is 10.9 Å². The second-order valence-corrected chi connectivity index (χ2v) is 15.3. The number of rotatable bonds is 15. The van der Waals surface area contributed by atoms with E-state index in [1.54, 1.807) is 7.11 Å². The lowest BCUT2D eigenvalue weighted by Crippen LogP contribution is -2.39. The molecule has 0 atom stereocenters. The third-order valence-corrected chi connectivity index (χ3v) is 11.4. The molecule has 62 heavy (non-hydrogen) atoms. The molecule has 0 saturated carbocycles. The van der Waals surface area contributed by atoms with Gasteiger partial charge in [0, 0.05) is 18.1 Å². The highest BCUT2D eigenvalue weighted by Gasteiger charge is 2.42. The van der Waals surface area contributed by atoms with Crippen molar-refractivity contribution in [3.05, 3.63) is 226 Å². The minimum atomic E-state index is -0.889. The Labute approximate surface area is 360 Å². The summed E-state index contributed by atoms with van der Waals surface area (Å²) in [4.78, 5) is 19.4. The van der Waals surface area contributed by atoms with Crippen LogP contribution in [0.1, 0.15) is 53.4 Å². The zero-order valence-corrected chi connectivity index (χ0v) is 34.8. The number of hydrogen-bond acceptors (Lipinski definition) is 7. The fourth-order valence-corrected chi connectivity index (χ4v) is 8.34. The monoisotopic (exact) mass is 814 g/mol. The number of nitrogens with zero attached hydrogens (tertiary/aromatic N) is 6. The predicted molar refractivity (Wildman–Crippen MR) is 244 cm³/mol. The SMILES string of the molecule is CCCCc1nc2ccc(COc3cccc(OC)c3)cc2c(=O)n1Cc1ccc(-c2ccccc2-c2nnnn2C(c2ccccc2)(c2ccccc2)c2ccccc2)cc1. The molecule has 0 radical (unpaired) electrons. The summed E-state index contributed by atoms with van der Waals surface area (Å²) < 4.78 is 15.2. The molecule has 0 saturated heterocycles. The van der Waals surface area contributed by atoms with Crippen LogP contribution in [0.3, 0.4) is 0 Å². The molecule has 9 aromatic rings. The van der Waals surface area contributed by atoms with Crippen molar-refractivity contribution in [2.75, 3.05) is 7.11 Å². The quantitative estimate of drug-likeness (QED) is 0.0951. The summed E-state index contributed by atoms with van der Waals surface area (Å²) in [7, 11) is 1.63. The first-order valence-electron chi connectivity index (χ1n) is 21.0. The second kappa shape index (κ2) is 17.9. The van der Waals surface area contributed by atoms with Crippen LogP contribution < -0.4 is 15.0 Å². The van der Waals surface area contributed by atoms with Crippen LogP contribution in [-0.4, -0.2) is 36.9 Å². The van der Waals surface area contributed by atoms with E-state index in [0.29, 0.717) is 42.0 Å². The van der Waals surface area contributed by atoms with E-state index >= 15 is 0 Å². The number of fused-ring (bicyclic) bond motifs is 1. The lowest BCUT2D eigenvalue weighted by molar-refractivity contribution is 0.304. The van der Waals surface area contributed by atoms with Crippen LogP contribution in [-0.2, 0) is 25.1 Å². The first-order valence-corrected chi connectivity index (χ1v) is 21.0. The molecular formula is C53H46N6O3. The van der Waals surface area contributed by atoms with Crippen LogP contribution >= 0.6 is 0 Å². The molecule has 0 aliphatic heterocycles. The highest BCUT2D eigenvalue weighted by atomic mass is 16.5. The van der Waals surface area contributed by atoms with Gasteiger partial charge in [-0.2, -0.15) is 0 Å². The summed E-state index contributed by atoms with van der Waals surface area (Å²) in [5.41, 5.74) is 7.57. The highest BCUT2D eigenvalue weighted by molar-refractivity contribution is 5.81. The van der Waals surface area contributed by atoms with Crippen molar-refractivity contribution in [1.29, 1.82) is 0 Å². The molecule has 2 aromatic heterocycles. The van der Waals surface area contributed by atoms with Gasteiger partial charge >= 0.3 is 0 Å². The van der Waals surface area contributed by atoms with Crippen molar-refractivity contribution in [3.63, 3.8) is 0 Å². The van der Waals surface area contributed by atoms with Gasteiger partial charge in [0.15, 0.2) is 5.82 Å². The Morgan fingerprint density at radius 3 is 1.89 bits per heavy atom. The van der Waals surface area contributed by atoms with Gasteiger partial charge in [-0.25, -0.2) is 9.67 Å². The molecule has 2 heterocycles. The molecule has 0 bridgehead atoms. The number of methoxy groups -OCH3 is 1. The number of benzene rings is 7. The molecule has 0 aliphatic rings. The van der Waals surface area contributed by atoms with E-state index in [1.165, 1.54) is 0 Å². The maximum atomic E-state index is 14.4. The number of hydrogen-bond donors (Lipinski definition) is 0. The third kappa shape index (κ3) is 7.76. The molecule has 0 fully saturated rings. The van der Waals surface area contributed by atoms with Gasteiger partial charge in [-0.15, -0.1) is 5.10 Å². The van der Waals surface area contributed by atoms with Crippen molar-refractivity contribution in [1.82, 2.24) is 29.8 Å². The topological polar surface area (TPSA) is 97.0 Å². The Morgan fingerprint density at radius 1 is 0.629 bits per heavy atom. The number of aromatic nitrogens is 6. The Hall–Kier alpha value is -7.65. The summed E-state index contributed by atoms with van der Waals surface area (Å²) in [6, 6.07) is 61.2. The lowest BCUT2D eigenvalue weighted by atomic mass is 9.77. The first-order chi connectivity index (χ1) is 30.6. The average molecular weight is 815 g/mol. The van der Waals surface area contributed by atoms with Gasteiger partial charge in [0.25, 0.3) is 5.56 Å². The van der Waals surface area contributed by atoms with Gasteiger partial charge in [-0.3, -0.25) is 9.36 Å². The van der Waals surface area contributed by atoms with E-state index in [1.807, 2.05) is 82.0 Å². The summed E-state index contributed by atoms with van der Waals surface area (Å²) in [5, 5.41) is 14.4. The molecule has 7 aromatic carbocycles. The van der Waals surface area contributed by atoms with Crippen LogP contribution in [0.4, 0.5) is 0 Å². The fraction of sp³-hybridized carbons (Fsp3) is 0.151. The molecule has 9 rings (SSSR count). The van der Waals surface area contributed by atoms with Crippen LogP contribution in [0.2, 0.25) is 0 Å². The zero-order chi connectivity index (χ0) is 42.3. The number of aryl methyl sites for hydroxylation is 1. The summed E-state index contributed by atoms with van der Waals surface area (Å²) >= 11 is 0. The van der Waals surface area contributed by atoms with E-state index in [9.17, 15) is 4.79 Å². The zero-order valence-electron chi connectivity index (χ0n) is 34.8. The van der Waals surface area contributed by atoms with Gasteiger partial charge in [0.1, 0.15) is 29.5 Å². The van der Waals surface area contributed by atoms with Crippen LogP contribution in [0.15, 0.2) is 187 Å². The summed E-state index contributed by atoms with van der Waals surface area (Å²) in [6.07, 6.45) is 2.63. The minimum Gasteiger partial charge on any atom is -0.497 e. The average Bonchev–Trinajstić information content (AvgIpc) is 3.83.